The van der Waals surface area contributed by atoms with Crippen LogP contribution in [0.3, 0.4) is 0 Å². The molecule has 0 spiro atoms. The Kier molecular flexibility index (Phi) is 5.41. The molecule has 2 N–H and O–H groups in total. The van der Waals surface area contributed by atoms with Crippen molar-refractivity contribution in [2.45, 2.75) is 32.7 Å². The fraction of sp³-hybridized carbons (Fsp3) is 0.333. The third kappa shape index (κ3) is 4.71. The maximum Gasteiger partial charge on any atom is 0.319 e. The predicted octanol–water partition coefficient (Wildman–Crippen LogP) is 3.54. The van der Waals surface area contributed by atoms with E-state index in [2.05, 4.69) is 30.5 Å². The van der Waals surface area contributed by atoms with Crippen molar-refractivity contribution in [3.63, 3.8) is 0 Å². The molecule has 1 fully saturated rings. The minimum absolute atomic E-state index is 0.130. The Morgan fingerprint density at radius 3 is 2.72 bits per heavy atom. The van der Waals surface area contributed by atoms with Crippen LogP contribution >= 0.6 is 0 Å². The number of benzene rings is 1. The minimum Gasteiger partial charge on any atom is -0.445 e. The molecular formula is C21H24N6O2. The van der Waals surface area contributed by atoms with E-state index >= 15 is 0 Å². The van der Waals surface area contributed by atoms with Crippen molar-refractivity contribution in [2.24, 2.45) is 0 Å². The third-order valence-electron chi connectivity index (χ3n) is 4.91. The summed E-state index contributed by atoms with van der Waals surface area (Å²) in [5.41, 5.74) is 2.48. The Labute approximate surface area is 169 Å². The van der Waals surface area contributed by atoms with E-state index in [1.54, 1.807) is 6.20 Å². The lowest BCUT2D eigenvalue weighted by Gasteiger charge is -2.33. The monoisotopic (exact) mass is 392 g/mol. The van der Waals surface area contributed by atoms with Gasteiger partial charge in [0.05, 0.1) is 6.20 Å². The van der Waals surface area contributed by atoms with Gasteiger partial charge in [-0.25, -0.2) is 19.7 Å². The first kappa shape index (κ1) is 18.9. The van der Waals surface area contributed by atoms with Gasteiger partial charge < -0.3 is 20.0 Å². The number of hydrogen-bond donors (Lipinski definition) is 2. The average Bonchev–Trinajstić information content (AvgIpc) is 3.23. The molecule has 8 nitrogen and oxygen atoms in total. The van der Waals surface area contributed by atoms with Crippen LogP contribution in [0.4, 0.5) is 16.3 Å². The van der Waals surface area contributed by atoms with E-state index in [-0.39, 0.29) is 12.1 Å². The normalized spacial score (nSPS) is 14.6. The molecule has 2 amide bonds. The van der Waals surface area contributed by atoms with Crippen molar-refractivity contribution in [1.82, 2.24) is 20.3 Å². The van der Waals surface area contributed by atoms with Crippen molar-refractivity contribution in [2.75, 3.05) is 23.3 Å². The van der Waals surface area contributed by atoms with Gasteiger partial charge in [-0.1, -0.05) is 6.07 Å². The summed E-state index contributed by atoms with van der Waals surface area (Å²) in [6, 6.07) is 9.36. The van der Waals surface area contributed by atoms with Gasteiger partial charge in [0.15, 0.2) is 0 Å². The first-order valence-corrected chi connectivity index (χ1v) is 9.71. The van der Waals surface area contributed by atoms with Crippen LogP contribution in [0.5, 0.6) is 0 Å². The SMILES string of the molecule is Cc1cc(N2CCC(NC(=O)Nc3cccc(-c4ncco4)c3)CC2)nc(C)n1. The number of rotatable bonds is 4. The van der Waals surface area contributed by atoms with Crippen LogP contribution in [0.1, 0.15) is 24.4 Å². The molecule has 150 valence electrons. The highest BCUT2D eigenvalue weighted by Crippen LogP contribution is 2.21. The van der Waals surface area contributed by atoms with E-state index in [0.29, 0.717) is 11.6 Å². The van der Waals surface area contributed by atoms with Gasteiger partial charge in [-0.2, -0.15) is 0 Å². The van der Waals surface area contributed by atoms with Crippen molar-refractivity contribution >= 4 is 17.5 Å². The molecule has 0 aliphatic carbocycles. The lowest BCUT2D eigenvalue weighted by Crippen LogP contribution is -2.46. The van der Waals surface area contributed by atoms with Crippen molar-refractivity contribution in [3.05, 3.63) is 54.3 Å². The highest BCUT2D eigenvalue weighted by Gasteiger charge is 2.22. The largest absolute Gasteiger partial charge is 0.445 e. The molecule has 4 rings (SSSR count). The third-order valence-corrected chi connectivity index (χ3v) is 4.91. The van der Waals surface area contributed by atoms with E-state index in [1.165, 1.54) is 6.26 Å². The predicted molar refractivity (Wildman–Crippen MR) is 111 cm³/mol. The molecule has 0 saturated carbocycles. The molecule has 1 saturated heterocycles. The Morgan fingerprint density at radius 1 is 1.17 bits per heavy atom. The van der Waals surface area contributed by atoms with E-state index in [1.807, 2.05) is 44.2 Å². The molecule has 0 radical (unpaired) electrons. The van der Waals surface area contributed by atoms with Crippen LogP contribution < -0.4 is 15.5 Å². The summed E-state index contributed by atoms with van der Waals surface area (Å²) >= 11 is 0. The van der Waals surface area contributed by atoms with Gasteiger partial charge in [-0.3, -0.25) is 0 Å². The molecule has 3 heterocycles. The maximum absolute atomic E-state index is 12.4. The Balaban J connectivity index is 1.31. The second-order valence-corrected chi connectivity index (χ2v) is 7.19. The highest BCUT2D eigenvalue weighted by atomic mass is 16.3. The molecule has 3 aromatic rings. The Hall–Kier alpha value is -3.42. The standard InChI is InChI=1S/C21H24N6O2/c1-14-12-19(24-15(2)23-14)27-9-6-17(7-10-27)25-21(28)26-18-5-3-4-16(13-18)20-22-8-11-29-20/h3-5,8,11-13,17H,6-7,9-10H2,1-2H3,(H2,25,26,28). The Bertz CT molecular complexity index is 960. The van der Waals surface area contributed by atoms with Crippen LogP contribution in [0.15, 0.2) is 47.2 Å². The summed E-state index contributed by atoms with van der Waals surface area (Å²) in [5, 5.41) is 5.96. The summed E-state index contributed by atoms with van der Waals surface area (Å²) in [4.78, 5) is 27.7. The number of carbonyl (C=O) groups excluding carboxylic acids is 1. The molecule has 1 aliphatic heterocycles. The smallest absolute Gasteiger partial charge is 0.319 e. The number of aryl methyl sites for hydroxylation is 2. The van der Waals surface area contributed by atoms with Gasteiger partial charge >= 0.3 is 6.03 Å². The minimum atomic E-state index is -0.207. The Morgan fingerprint density at radius 2 is 2.00 bits per heavy atom. The lowest BCUT2D eigenvalue weighted by atomic mass is 10.1. The highest BCUT2D eigenvalue weighted by molar-refractivity contribution is 5.90. The van der Waals surface area contributed by atoms with E-state index < -0.39 is 0 Å². The zero-order valence-electron chi connectivity index (χ0n) is 16.6. The number of amides is 2. The zero-order valence-corrected chi connectivity index (χ0v) is 16.6. The van der Waals surface area contributed by atoms with Gasteiger partial charge in [0.1, 0.15) is 17.9 Å². The maximum atomic E-state index is 12.4. The molecule has 2 aromatic heterocycles. The van der Waals surface area contributed by atoms with Crippen LogP contribution in [0.2, 0.25) is 0 Å². The molecule has 29 heavy (non-hydrogen) atoms. The van der Waals surface area contributed by atoms with E-state index in [4.69, 9.17) is 4.42 Å². The molecular weight excluding hydrogens is 368 g/mol. The average molecular weight is 392 g/mol. The number of piperidine rings is 1. The topological polar surface area (TPSA) is 96.2 Å². The quantitative estimate of drug-likeness (QED) is 0.705. The summed E-state index contributed by atoms with van der Waals surface area (Å²) in [6.07, 6.45) is 4.86. The molecule has 0 bridgehead atoms. The number of oxazole rings is 1. The van der Waals surface area contributed by atoms with Crippen molar-refractivity contribution in [1.29, 1.82) is 0 Å². The number of carbonyl (C=O) groups is 1. The second kappa shape index (κ2) is 8.30. The van der Waals surface area contributed by atoms with E-state index in [9.17, 15) is 4.79 Å². The van der Waals surface area contributed by atoms with Crippen LogP contribution in [0.25, 0.3) is 11.5 Å². The van der Waals surface area contributed by atoms with Gasteiger partial charge in [0.2, 0.25) is 5.89 Å². The number of nitrogens with zero attached hydrogens (tertiary/aromatic N) is 4. The molecule has 8 heteroatoms. The zero-order chi connectivity index (χ0) is 20.2. The summed E-state index contributed by atoms with van der Waals surface area (Å²) in [5.74, 6) is 2.27. The number of hydrogen-bond acceptors (Lipinski definition) is 6. The van der Waals surface area contributed by atoms with E-state index in [0.717, 1.165) is 48.8 Å². The molecule has 0 unspecified atom stereocenters. The van der Waals surface area contributed by atoms with Gasteiger partial charge in [0.25, 0.3) is 0 Å². The first-order chi connectivity index (χ1) is 14.1. The second-order valence-electron chi connectivity index (χ2n) is 7.19. The van der Waals surface area contributed by atoms with Gasteiger partial charge in [0, 0.05) is 42.1 Å². The lowest BCUT2D eigenvalue weighted by molar-refractivity contribution is 0.246. The number of aromatic nitrogens is 3. The summed E-state index contributed by atoms with van der Waals surface area (Å²) in [7, 11) is 0. The molecule has 1 aliphatic rings. The van der Waals surface area contributed by atoms with Crippen LogP contribution in [-0.4, -0.2) is 40.1 Å². The number of urea groups is 1. The summed E-state index contributed by atoms with van der Waals surface area (Å²) < 4.78 is 5.31. The van der Waals surface area contributed by atoms with Crippen molar-refractivity contribution < 1.29 is 9.21 Å². The van der Waals surface area contributed by atoms with Crippen LogP contribution in [-0.2, 0) is 0 Å². The van der Waals surface area contributed by atoms with Gasteiger partial charge in [-0.05, 0) is 44.9 Å². The first-order valence-electron chi connectivity index (χ1n) is 9.71. The molecule has 0 atom stereocenters. The number of anilines is 2. The number of nitrogens with one attached hydrogen (secondary N) is 2. The fourth-order valence-corrected chi connectivity index (χ4v) is 3.56. The summed E-state index contributed by atoms with van der Waals surface area (Å²) in [6.45, 7) is 5.58. The fourth-order valence-electron chi connectivity index (χ4n) is 3.56. The molecule has 1 aromatic carbocycles. The van der Waals surface area contributed by atoms with Crippen LogP contribution in [0, 0.1) is 13.8 Å². The van der Waals surface area contributed by atoms with Crippen molar-refractivity contribution in [3.8, 4) is 11.5 Å². The van der Waals surface area contributed by atoms with Gasteiger partial charge in [-0.15, -0.1) is 0 Å².